The van der Waals surface area contributed by atoms with E-state index in [0.717, 1.165) is 12.8 Å². The van der Waals surface area contributed by atoms with Crippen molar-refractivity contribution in [3.8, 4) is 0 Å². The second-order valence-corrected chi connectivity index (χ2v) is 5.18. The van der Waals surface area contributed by atoms with Crippen LogP contribution in [0.1, 0.15) is 23.2 Å². The van der Waals surface area contributed by atoms with E-state index in [4.69, 9.17) is 5.73 Å². The number of H-pyrrole nitrogens is 2. The summed E-state index contributed by atoms with van der Waals surface area (Å²) in [6, 6.07) is 1.36. The summed E-state index contributed by atoms with van der Waals surface area (Å²) in [5.74, 6) is 0.115. The summed E-state index contributed by atoms with van der Waals surface area (Å²) < 4.78 is 0. The van der Waals surface area contributed by atoms with Crippen LogP contribution in [0.5, 0.6) is 0 Å². The molecule has 1 unspecified atom stereocenters. The molecule has 110 valence electrons. The largest absolute Gasteiger partial charge is 0.348 e. The van der Waals surface area contributed by atoms with Gasteiger partial charge in [-0.3, -0.25) is 19.6 Å². The number of nitrogens with zero attached hydrogens (tertiary/aromatic N) is 1. The van der Waals surface area contributed by atoms with E-state index in [0.29, 0.717) is 12.5 Å². The summed E-state index contributed by atoms with van der Waals surface area (Å²) in [4.78, 5) is 43.5. The number of pyridine rings is 1. The first kappa shape index (κ1) is 13.5. The predicted molar refractivity (Wildman–Crippen MR) is 76.0 cm³/mol. The van der Waals surface area contributed by atoms with Crippen molar-refractivity contribution in [2.24, 2.45) is 11.7 Å². The van der Waals surface area contributed by atoms with Crippen LogP contribution in [0.25, 0.3) is 11.0 Å². The highest BCUT2D eigenvalue weighted by molar-refractivity contribution is 5.96. The average Bonchev–Trinajstić information content (AvgIpc) is 3.28. The van der Waals surface area contributed by atoms with Crippen molar-refractivity contribution in [3.05, 3.63) is 38.7 Å². The molecule has 0 radical (unpaired) electrons. The molecule has 1 aliphatic rings. The Morgan fingerprint density at radius 2 is 2.19 bits per heavy atom. The molecule has 0 saturated heterocycles. The fourth-order valence-corrected chi connectivity index (χ4v) is 2.29. The first-order chi connectivity index (χ1) is 10.1. The van der Waals surface area contributed by atoms with Gasteiger partial charge in [-0.15, -0.1) is 0 Å². The molecule has 8 nitrogen and oxygen atoms in total. The lowest BCUT2D eigenvalue weighted by Crippen LogP contribution is -2.41. The van der Waals surface area contributed by atoms with Gasteiger partial charge in [-0.25, -0.2) is 9.78 Å². The van der Waals surface area contributed by atoms with Gasteiger partial charge in [0.25, 0.3) is 11.5 Å². The maximum absolute atomic E-state index is 12.2. The number of carbonyl (C=O) groups is 1. The topological polar surface area (TPSA) is 134 Å². The van der Waals surface area contributed by atoms with Crippen LogP contribution in [0, 0.1) is 5.92 Å². The Hall–Kier alpha value is -2.48. The van der Waals surface area contributed by atoms with Gasteiger partial charge in [0, 0.05) is 18.8 Å². The van der Waals surface area contributed by atoms with E-state index in [1.165, 1.54) is 12.3 Å². The zero-order valence-electron chi connectivity index (χ0n) is 11.2. The average molecular weight is 289 g/mol. The summed E-state index contributed by atoms with van der Waals surface area (Å²) >= 11 is 0. The number of hydrogen-bond donors (Lipinski definition) is 4. The van der Waals surface area contributed by atoms with Crippen LogP contribution in [-0.4, -0.2) is 33.4 Å². The Bertz CT molecular complexity index is 805. The summed E-state index contributed by atoms with van der Waals surface area (Å²) in [5, 5.41) is 3.02. The summed E-state index contributed by atoms with van der Waals surface area (Å²) in [6.45, 7) is 0.380. The monoisotopic (exact) mass is 289 g/mol. The molecule has 1 amide bonds. The molecule has 1 saturated carbocycles. The second-order valence-electron chi connectivity index (χ2n) is 5.18. The number of hydrogen-bond acceptors (Lipinski definition) is 5. The maximum atomic E-state index is 12.2. The predicted octanol–water partition coefficient (Wildman–Crippen LogP) is -0.922. The van der Waals surface area contributed by atoms with Gasteiger partial charge in [-0.05, 0) is 24.8 Å². The van der Waals surface area contributed by atoms with Crippen molar-refractivity contribution in [2.45, 2.75) is 18.9 Å². The molecule has 1 fully saturated rings. The Morgan fingerprint density at radius 1 is 1.43 bits per heavy atom. The molecule has 0 bridgehead atoms. The van der Waals surface area contributed by atoms with E-state index in [-0.39, 0.29) is 28.5 Å². The van der Waals surface area contributed by atoms with Gasteiger partial charge >= 0.3 is 5.69 Å². The lowest BCUT2D eigenvalue weighted by Gasteiger charge is -2.15. The van der Waals surface area contributed by atoms with E-state index < -0.39 is 11.2 Å². The van der Waals surface area contributed by atoms with Crippen LogP contribution in [-0.2, 0) is 0 Å². The number of rotatable bonds is 4. The number of carbonyl (C=O) groups excluding carboxylic acids is 1. The van der Waals surface area contributed by atoms with E-state index in [1.807, 2.05) is 0 Å². The minimum Gasteiger partial charge on any atom is -0.348 e. The fourth-order valence-electron chi connectivity index (χ4n) is 2.29. The van der Waals surface area contributed by atoms with Crippen molar-refractivity contribution in [1.82, 2.24) is 20.3 Å². The Labute approximate surface area is 118 Å². The summed E-state index contributed by atoms with van der Waals surface area (Å²) in [6.07, 6.45) is 3.46. The van der Waals surface area contributed by atoms with Gasteiger partial charge in [-0.1, -0.05) is 0 Å². The van der Waals surface area contributed by atoms with Gasteiger partial charge in [0.1, 0.15) is 5.65 Å². The lowest BCUT2D eigenvalue weighted by atomic mass is 10.1. The molecule has 2 aromatic heterocycles. The Balaban J connectivity index is 1.91. The van der Waals surface area contributed by atoms with Crippen molar-refractivity contribution in [2.75, 3.05) is 6.54 Å². The summed E-state index contributed by atoms with van der Waals surface area (Å²) in [7, 11) is 0. The smallest absolute Gasteiger partial charge is 0.327 e. The normalized spacial score (nSPS) is 15.9. The third kappa shape index (κ3) is 2.70. The number of nitrogens with one attached hydrogen (secondary N) is 3. The molecular formula is C13H15N5O3. The highest BCUT2D eigenvalue weighted by atomic mass is 16.2. The van der Waals surface area contributed by atoms with Gasteiger partial charge in [0.05, 0.1) is 10.9 Å². The zero-order chi connectivity index (χ0) is 15.0. The van der Waals surface area contributed by atoms with Crippen LogP contribution in [0.15, 0.2) is 21.9 Å². The molecule has 5 N–H and O–H groups in total. The third-order valence-electron chi connectivity index (χ3n) is 3.61. The quantitative estimate of drug-likeness (QED) is 0.577. The van der Waals surface area contributed by atoms with Crippen molar-refractivity contribution in [1.29, 1.82) is 0 Å². The molecule has 2 aromatic rings. The van der Waals surface area contributed by atoms with E-state index in [1.54, 1.807) is 0 Å². The number of aromatic amines is 2. The van der Waals surface area contributed by atoms with Crippen molar-refractivity contribution < 1.29 is 4.79 Å². The molecule has 3 rings (SSSR count). The molecule has 0 aliphatic heterocycles. The highest BCUT2D eigenvalue weighted by Crippen LogP contribution is 2.32. The van der Waals surface area contributed by atoms with Crippen LogP contribution < -0.4 is 22.3 Å². The summed E-state index contributed by atoms with van der Waals surface area (Å²) in [5.41, 5.74) is 4.85. The number of aromatic nitrogens is 3. The minimum absolute atomic E-state index is 0.0536. The molecule has 1 aliphatic carbocycles. The van der Waals surface area contributed by atoms with Crippen LogP contribution in [0.4, 0.5) is 0 Å². The lowest BCUT2D eigenvalue weighted by molar-refractivity contribution is 0.0933. The van der Waals surface area contributed by atoms with Crippen LogP contribution in [0.2, 0.25) is 0 Å². The maximum Gasteiger partial charge on any atom is 0.327 e. The van der Waals surface area contributed by atoms with E-state index >= 15 is 0 Å². The SMILES string of the molecule is NCC(NC(=O)c1cnc2[nH]c(=O)[nH]c(=O)c2c1)C1CC1. The van der Waals surface area contributed by atoms with Gasteiger partial charge in [-0.2, -0.15) is 0 Å². The molecule has 0 spiro atoms. The Morgan fingerprint density at radius 3 is 2.86 bits per heavy atom. The van der Waals surface area contributed by atoms with Gasteiger partial charge < -0.3 is 11.1 Å². The molecule has 21 heavy (non-hydrogen) atoms. The highest BCUT2D eigenvalue weighted by Gasteiger charge is 2.31. The van der Waals surface area contributed by atoms with Crippen LogP contribution in [0.3, 0.4) is 0 Å². The fraction of sp³-hybridized carbons (Fsp3) is 0.385. The van der Waals surface area contributed by atoms with Crippen LogP contribution >= 0.6 is 0 Å². The number of nitrogens with two attached hydrogens (primary N) is 1. The van der Waals surface area contributed by atoms with Crippen molar-refractivity contribution in [3.63, 3.8) is 0 Å². The van der Waals surface area contributed by atoms with Gasteiger partial charge in [0.2, 0.25) is 0 Å². The minimum atomic E-state index is -0.630. The standard InChI is InChI=1S/C13H15N5O3/c14-4-9(6-1-2-6)16-11(19)7-3-8-10(15-5-7)17-13(21)18-12(8)20/h3,5-6,9H,1-2,4,14H2,(H,16,19)(H2,15,17,18,20,21). The molecule has 1 atom stereocenters. The first-order valence-corrected chi connectivity index (χ1v) is 6.72. The van der Waals surface area contributed by atoms with E-state index in [2.05, 4.69) is 20.3 Å². The zero-order valence-corrected chi connectivity index (χ0v) is 11.2. The second kappa shape index (κ2) is 5.13. The number of amides is 1. The molecule has 0 aromatic carbocycles. The molecule has 8 heteroatoms. The number of fused-ring (bicyclic) bond motifs is 1. The molecular weight excluding hydrogens is 274 g/mol. The third-order valence-corrected chi connectivity index (χ3v) is 3.61. The van der Waals surface area contributed by atoms with Crippen molar-refractivity contribution >= 4 is 16.9 Å². The first-order valence-electron chi connectivity index (χ1n) is 6.72. The van der Waals surface area contributed by atoms with E-state index in [9.17, 15) is 14.4 Å². The van der Waals surface area contributed by atoms with Gasteiger partial charge in [0.15, 0.2) is 0 Å². The molecule has 2 heterocycles. The Kier molecular flexibility index (Phi) is 3.30.